The zero-order valence-corrected chi connectivity index (χ0v) is 12.8. The molecule has 0 spiro atoms. The van der Waals surface area contributed by atoms with Crippen molar-refractivity contribution in [2.24, 2.45) is 0 Å². The summed E-state index contributed by atoms with van der Waals surface area (Å²) in [6.07, 6.45) is 0.871. The Kier molecular flexibility index (Phi) is 6.68. The number of urea groups is 1. The monoisotopic (exact) mass is 293 g/mol. The first-order valence-corrected chi connectivity index (χ1v) is 6.98. The lowest BCUT2D eigenvalue weighted by atomic mass is 10.2. The van der Waals surface area contributed by atoms with Crippen LogP contribution in [0.5, 0.6) is 0 Å². The molecule has 2 N–H and O–H groups in total. The second kappa shape index (κ2) is 8.26. The van der Waals surface area contributed by atoms with Gasteiger partial charge in [0.05, 0.1) is 5.56 Å². The smallest absolute Gasteiger partial charge is 0.335 e. The maximum absolute atomic E-state index is 12.2. The van der Waals surface area contributed by atoms with Crippen LogP contribution in [-0.2, 0) is 0 Å². The molecule has 1 aromatic rings. The lowest BCUT2D eigenvalue weighted by molar-refractivity contribution is 0.0697. The SMILES string of the molecule is CCCN(CCN(C)C)C(=O)Nc1cccc(C(=O)O)c1. The van der Waals surface area contributed by atoms with E-state index in [4.69, 9.17) is 5.11 Å². The summed E-state index contributed by atoms with van der Waals surface area (Å²) in [5, 5.41) is 11.7. The topological polar surface area (TPSA) is 72.9 Å². The van der Waals surface area contributed by atoms with Gasteiger partial charge in [0.25, 0.3) is 0 Å². The van der Waals surface area contributed by atoms with Crippen LogP contribution in [0.1, 0.15) is 23.7 Å². The Labute approximate surface area is 125 Å². The molecule has 0 aliphatic heterocycles. The van der Waals surface area contributed by atoms with Crippen molar-refractivity contribution >= 4 is 17.7 Å². The number of nitrogens with one attached hydrogen (secondary N) is 1. The van der Waals surface area contributed by atoms with E-state index in [9.17, 15) is 9.59 Å². The van der Waals surface area contributed by atoms with Crippen LogP contribution < -0.4 is 5.32 Å². The molecule has 0 heterocycles. The zero-order valence-electron chi connectivity index (χ0n) is 12.8. The summed E-state index contributed by atoms with van der Waals surface area (Å²) in [7, 11) is 3.91. The van der Waals surface area contributed by atoms with Crippen LogP contribution >= 0.6 is 0 Å². The lowest BCUT2D eigenvalue weighted by Gasteiger charge is -2.24. The van der Waals surface area contributed by atoms with E-state index < -0.39 is 5.97 Å². The Balaban J connectivity index is 2.71. The van der Waals surface area contributed by atoms with Crippen LogP contribution in [-0.4, -0.2) is 60.6 Å². The molecular formula is C15H23N3O3. The van der Waals surface area contributed by atoms with Gasteiger partial charge >= 0.3 is 12.0 Å². The van der Waals surface area contributed by atoms with E-state index in [1.54, 1.807) is 17.0 Å². The van der Waals surface area contributed by atoms with Gasteiger partial charge in [-0.1, -0.05) is 13.0 Å². The highest BCUT2D eigenvalue weighted by atomic mass is 16.4. The number of carboxylic acids is 1. The predicted octanol–water partition coefficient (Wildman–Crippen LogP) is 2.19. The van der Waals surface area contributed by atoms with E-state index in [0.717, 1.165) is 13.0 Å². The van der Waals surface area contributed by atoms with Crippen LogP contribution in [0.15, 0.2) is 24.3 Å². The van der Waals surface area contributed by atoms with Crippen molar-refractivity contribution in [1.82, 2.24) is 9.80 Å². The van der Waals surface area contributed by atoms with Gasteiger partial charge in [-0.05, 0) is 38.7 Å². The first-order valence-electron chi connectivity index (χ1n) is 6.98. The molecule has 0 unspecified atom stereocenters. The molecule has 0 radical (unpaired) electrons. The minimum atomic E-state index is -1.01. The summed E-state index contributed by atoms with van der Waals surface area (Å²) in [4.78, 5) is 26.9. The highest BCUT2D eigenvalue weighted by molar-refractivity contribution is 5.93. The maximum atomic E-state index is 12.2. The fourth-order valence-electron chi connectivity index (χ4n) is 1.84. The van der Waals surface area contributed by atoms with E-state index >= 15 is 0 Å². The van der Waals surface area contributed by atoms with Crippen molar-refractivity contribution in [3.05, 3.63) is 29.8 Å². The number of likely N-dealkylation sites (N-methyl/N-ethyl adjacent to an activating group) is 1. The largest absolute Gasteiger partial charge is 0.478 e. The number of carbonyl (C=O) groups is 2. The number of carbonyl (C=O) groups excluding carboxylic acids is 1. The number of hydrogen-bond donors (Lipinski definition) is 2. The predicted molar refractivity (Wildman–Crippen MR) is 82.8 cm³/mol. The van der Waals surface area contributed by atoms with E-state index in [0.29, 0.717) is 18.8 Å². The van der Waals surface area contributed by atoms with Crippen molar-refractivity contribution in [2.75, 3.05) is 39.0 Å². The van der Waals surface area contributed by atoms with Crippen LogP contribution in [0.2, 0.25) is 0 Å². The van der Waals surface area contributed by atoms with E-state index in [2.05, 4.69) is 5.32 Å². The summed E-state index contributed by atoms with van der Waals surface area (Å²) in [6, 6.07) is 6.04. The van der Waals surface area contributed by atoms with Crippen LogP contribution in [0.25, 0.3) is 0 Å². The molecule has 6 nitrogen and oxygen atoms in total. The molecule has 0 aliphatic rings. The number of benzene rings is 1. The lowest BCUT2D eigenvalue weighted by Crippen LogP contribution is -2.39. The highest BCUT2D eigenvalue weighted by Crippen LogP contribution is 2.11. The fraction of sp³-hybridized carbons (Fsp3) is 0.467. The van der Waals surface area contributed by atoms with Gasteiger partial charge in [0.15, 0.2) is 0 Å². The summed E-state index contributed by atoms with van der Waals surface area (Å²) >= 11 is 0. The molecule has 21 heavy (non-hydrogen) atoms. The van der Waals surface area contributed by atoms with Gasteiger partial charge in [-0.3, -0.25) is 0 Å². The Morgan fingerprint density at radius 1 is 1.19 bits per heavy atom. The molecule has 0 aromatic heterocycles. The molecule has 1 rings (SSSR count). The minimum Gasteiger partial charge on any atom is -0.478 e. The number of hydrogen-bond acceptors (Lipinski definition) is 3. The third-order valence-corrected chi connectivity index (χ3v) is 2.96. The van der Waals surface area contributed by atoms with Crippen LogP contribution in [0.3, 0.4) is 0 Å². The van der Waals surface area contributed by atoms with Crippen molar-refractivity contribution in [2.45, 2.75) is 13.3 Å². The summed E-state index contributed by atoms with van der Waals surface area (Å²) in [5.74, 6) is -1.01. The molecular weight excluding hydrogens is 270 g/mol. The average molecular weight is 293 g/mol. The summed E-state index contributed by atoms with van der Waals surface area (Å²) in [5.41, 5.74) is 0.647. The number of rotatable bonds is 7. The second-order valence-corrected chi connectivity index (χ2v) is 5.11. The Hall–Kier alpha value is -2.08. The van der Waals surface area contributed by atoms with Crippen molar-refractivity contribution in [3.8, 4) is 0 Å². The summed E-state index contributed by atoms with van der Waals surface area (Å²) in [6.45, 7) is 4.09. The number of anilines is 1. The van der Waals surface area contributed by atoms with Crippen molar-refractivity contribution in [1.29, 1.82) is 0 Å². The minimum absolute atomic E-state index is 0.156. The van der Waals surface area contributed by atoms with Gasteiger partial charge in [0, 0.05) is 25.3 Å². The molecule has 0 fully saturated rings. The van der Waals surface area contributed by atoms with Gasteiger partial charge in [-0.25, -0.2) is 9.59 Å². The molecule has 0 aliphatic carbocycles. The van der Waals surface area contributed by atoms with Gasteiger partial charge in [0.1, 0.15) is 0 Å². The van der Waals surface area contributed by atoms with Gasteiger partial charge in [-0.15, -0.1) is 0 Å². The number of aromatic carboxylic acids is 1. The third kappa shape index (κ3) is 5.83. The standard InChI is InChI=1S/C15H23N3O3/c1-4-8-18(10-9-17(2)3)15(21)16-13-7-5-6-12(11-13)14(19)20/h5-7,11H,4,8-10H2,1-3H3,(H,16,21)(H,19,20). The molecule has 0 atom stereocenters. The first-order chi connectivity index (χ1) is 9.93. The third-order valence-electron chi connectivity index (χ3n) is 2.96. The Bertz CT molecular complexity index is 489. The van der Waals surface area contributed by atoms with Crippen LogP contribution in [0, 0.1) is 0 Å². The van der Waals surface area contributed by atoms with E-state index in [1.807, 2.05) is 25.9 Å². The van der Waals surface area contributed by atoms with Gasteiger partial charge in [-0.2, -0.15) is 0 Å². The first kappa shape index (κ1) is 17.0. The van der Waals surface area contributed by atoms with Crippen LogP contribution in [0.4, 0.5) is 10.5 Å². The summed E-state index contributed by atoms with van der Waals surface area (Å²) < 4.78 is 0. The number of nitrogens with zero attached hydrogens (tertiary/aromatic N) is 2. The Morgan fingerprint density at radius 2 is 1.90 bits per heavy atom. The van der Waals surface area contributed by atoms with Crippen molar-refractivity contribution < 1.29 is 14.7 Å². The van der Waals surface area contributed by atoms with Gasteiger partial charge in [0.2, 0.25) is 0 Å². The number of amides is 2. The molecule has 0 saturated carbocycles. The van der Waals surface area contributed by atoms with Crippen molar-refractivity contribution in [3.63, 3.8) is 0 Å². The quantitative estimate of drug-likeness (QED) is 0.808. The maximum Gasteiger partial charge on any atom is 0.335 e. The molecule has 1 aromatic carbocycles. The molecule has 0 saturated heterocycles. The highest BCUT2D eigenvalue weighted by Gasteiger charge is 2.13. The van der Waals surface area contributed by atoms with E-state index in [-0.39, 0.29) is 11.6 Å². The zero-order chi connectivity index (χ0) is 15.8. The molecule has 116 valence electrons. The Morgan fingerprint density at radius 3 is 2.48 bits per heavy atom. The van der Waals surface area contributed by atoms with E-state index in [1.165, 1.54) is 12.1 Å². The van der Waals surface area contributed by atoms with Gasteiger partial charge < -0.3 is 20.2 Å². The molecule has 0 bridgehead atoms. The second-order valence-electron chi connectivity index (χ2n) is 5.11. The fourth-order valence-corrected chi connectivity index (χ4v) is 1.84. The average Bonchev–Trinajstić information content (AvgIpc) is 2.43. The number of carboxylic acid groups (broad SMARTS) is 1. The molecule has 2 amide bonds. The molecule has 6 heteroatoms. The normalized spacial score (nSPS) is 10.5.